The molecule has 0 saturated heterocycles. The summed E-state index contributed by atoms with van der Waals surface area (Å²) in [6.45, 7) is 1.13. The zero-order chi connectivity index (χ0) is 13.4. The molecule has 98 valence electrons. The third-order valence-electron chi connectivity index (χ3n) is 3.03. The van der Waals surface area contributed by atoms with Gasteiger partial charge in [-0.05, 0) is 18.2 Å². The van der Waals surface area contributed by atoms with E-state index in [1.54, 1.807) is 12.1 Å². The number of nitrogens with two attached hydrogens (primary N) is 1. The third-order valence-corrected chi connectivity index (χ3v) is 3.77. The first-order valence-electron chi connectivity index (χ1n) is 5.83. The van der Waals surface area contributed by atoms with Crippen LogP contribution in [0.15, 0.2) is 18.2 Å². The van der Waals surface area contributed by atoms with Gasteiger partial charge in [0.05, 0.1) is 29.0 Å². The molecule has 1 aliphatic heterocycles. The lowest BCUT2D eigenvalue weighted by atomic mass is 10.1. The minimum atomic E-state index is 0.464. The fourth-order valence-electron chi connectivity index (χ4n) is 2.02. The summed E-state index contributed by atoms with van der Waals surface area (Å²) in [5, 5.41) is 0.979. The largest absolute Gasteiger partial charge is 0.383 e. The molecule has 0 radical (unpaired) electrons. The summed E-state index contributed by atoms with van der Waals surface area (Å²) in [6.07, 6.45) is 0.746. The van der Waals surface area contributed by atoms with E-state index in [9.17, 15) is 0 Å². The van der Waals surface area contributed by atoms with Crippen molar-refractivity contribution in [3.8, 4) is 11.4 Å². The Morgan fingerprint density at radius 3 is 2.79 bits per heavy atom. The third kappa shape index (κ3) is 2.39. The Morgan fingerprint density at radius 2 is 2.00 bits per heavy atom. The van der Waals surface area contributed by atoms with Crippen molar-refractivity contribution >= 4 is 29.0 Å². The van der Waals surface area contributed by atoms with Gasteiger partial charge in [-0.2, -0.15) is 0 Å². The van der Waals surface area contributed by atoms with Crippen molar-refractivity contribution in [3.63, 3.8) is 0 Å². The van der Waals surface area contributed by atoms with Crippen molar-refractivity contribution in [2.24, 2.45) is 0 Å². The lowest BCUT2D eigenvalue weighted by Crippen LogP contribution is -2.16. The minimum Gasteiger partial charge on any atom is -0.383 e. The predicted octanol–water partition coefficient (Wildman–Crippen LogP) is 3.11. The van der Waals surface area contributed by atoms with E-state index in [0.29, 0.717) is 34.9 Å². The van der Waals surface area contributed by atoms with Gasteiger partial charge in [0.1, 0.15) is 5.82 Å². The number of benzene rings is 1. The molecule has 0 atom stereocenters. The van der Waals surface area contributed by atoms with Crippen LogP contribution in [0, 0.1) is 0 Å². The van der Waals surface area contributed by atoms with E-state index in [0.717, 1.165) is 23.2 Å². The van der Waals surface area contributed by atoms with Gasteiger partial charge in [0.2, 0.25) is 0 Å². The van der Waals surface area contributed by atoms with E-state index in [4.69, 9.17) is 33.7 Å². The first-order valence-corrected chi connectivity index (χ1v) is 6.59. The number of fused-ring (bicyclic) bond motifs is 1. The second kappa shape index (κ2) is 4.96. The number of aromatic nitrogens is 2. The van der Waals surface area contributed by atoms with Gasteiger partial charge in [-0.15, -0.1) is 0 Å². The molecule has 1 aromatic heterocycles. The Bertz CT molecular complexity index is 646. The minimum absolute atomic E-state index is 0.464. The molecule has 1 aromatic carbocycles. The first-order chi connectivity index (χ1) is 9.15. The van der Waals surface area contributed by atoms with Crippen LogP contribution in [0.25, 0.3) is 11.4 Å². The van der Waals surface area contributed by atoms with Crippen LogP contribution in [-0.2, 0) is 17.8 Å². The van der Waals surface area contributed by atoms with Crippen LogP contribution in [0.1, 0.15) is 11.3 Å². The standard InChI is InChI=1S/C13H11Cl2N3O/c14-9-2-1-7(5-10(9)15)13-17-11-3-4-19-6-8(11)12(16)18-13/h1-2,5H,3-4,6H2,(H2,16,17,18). The lowest BCUT2D eigenvalue weighted by molar-refractivity contribution is 0.109. The van der Waals surface area contributed by atoms with Crippen LogP contribution in [0.4, 0.5) is 5.82 Å². The average Bonchev–Trinajstić information content (AvgIpc) is 2.42. The SMILES string of the molecule is Nc1nc(-c2ccc(Cl)c(Cl)c2)nc2c1COCC2. The highest BCUT2D eigenvalue weighted by Gasteiger charge is 2.17. The van der Waals surface area contributed by atoms with E-state index >= 15 is 0 Å². The molecule has 2 heterocycles. The highest BCUT2D eigenvalue weighted by Crippen LogP contribution is 2.29. The Kier molecular flexibility index (Phi) is 3.31. The van der Waals surface area contributed by atoms with Crippen LogP contribution in [0.3, 0.4) is 0 Å². The first kappa shape index (κ1) is 12.7. The number of hydrogen-bond donors (Lipinski definition) is 1. The second-order valence-electron chi connectivity index (χ2n) is 4.29. The summed E-state index contributed by atoms with van der Waals surface area (Å²) < 4.78 is 5.36. The molecule has 1 aliphatic rings. The summed E-state index contributed by atoms with van der Waals surface area (Å²) >= 11 is 11.9. The summed E-state index contributed by atoms with van der Waals surface area (Å²) in [4.78, 5) is 8.85. The molecule has 2 N–H and O–H groups in total. The van der Waals surface area contributed by atoms with Crippen molar-refractivity contribution in [2.75, 3.05) is 12.3 Å². The van der Waals surface area contributed by atoms with Crippen molar-refractivity contribution < 1.29 is 4.74 Å². The molecular weight excluding hydrogens is 285 g/mol. The van der Waals surface area contributed by atoms with Crippen LogP contribution < -0.4 is 5.73 Å². The summed E-state index contributed by atoms with van der Waals surface area (Å²) in [7, 11) is 0. The number of nitrogens with zero attached hydrogens (tertiary/aromatic N) is 2. The number of nitrogen functional groups attached to an aromatic ring is 1. The lowest BCUT2D eigenvalue weighted by Gasteiger charge is -2.17. The number of halogens is 2. The van der Waals surface area contributed by atoms with Crippen LogP contribution in [0.2, 0.25) is 10.0 Å². The molecule has 6 heteroatoms. The molecule has 19 heavy (non-hydrogen) atoms. The van der Waals surface area contributed by atoms with E-state index in [-0.39, 0.29) is 0 Å². The summed E-state index contributed by atoms with van der Waals surface area (Å²) in [5.74, 6) is 1.03. The monoisotopic (exact) mass is 295 g/mol. The maximum Gasteiger partial charge on any atom is 0.161 e. The molecule has 0 spiro atoms. The maximum absolute atomic E-state index is 6.01. The fraction of sp³-hybridized carbons (Fsp3) is 0.231. The zero-order valence-electron chi connectivity index (χ0n) is 9.99. The van der Waals surface area contributed by atoms with Crippen molar-refractivity contribution in [1.82, 2.24) is 9.97 Å². The molecule has 0 saturated carbocycles. The Labute approximate surface area is 120 Å². The molecule has 3 rings (SSSR count). The Balaban J connectivity index is 2.10. The van der Waals surface area contributed by atoms with E-state index < -0.39 is 0 Å². The topological polar surface area (TPSA) is 61.0 Å². The molecule has 4 nitrogen and oxygen atoms in total. The van der Waals surface area contributed by atoms with Gasteiger partial charge >= 0.3 is 0 Å². The van der Waals surface area contributed by atoms with Crippen molar-refractivity contribution in [2.45, 2.75) is 13.0 Å². The normalized spacial score (nSPS) is 14.2. The van der Waals surface area contributed by atoms with E-state index in [1.165, 1.54) is 0 Å². The van der Waals surface area contributed by atoms with Gasteiger partial charge in [0, 0.05) is 17.5 Å². The van der Waals surface area contributed by atoms with E-state index in [2.05, 4.69) is 9.97 Å². The Morgan fingerprint density at radius 1 is 1.16 bits per heavy atom. The number of ether oxygens (including phenoxy) is 1. The van der Waals surface area contributed by atoms with Gasteiger partial charge in [-0.1, -0.05) is 23.2 Å². The van der Waals surface area contributed by atoms with Gasteiger partial charge in [-0.3, -0.25) is 0 Å². The second-order valence-corrected chi connectivity index (χ2v) is 5.10. The van der Waals surface area contributed by atoms with Gasteiger partial charge in [-0.25, -0.2) is 9.97 Å². The molecule has 2 aromatic rings. The fourth-order valence-corrected chi connectivity index (χ4v) is 2.32. The Hall–Kier alpha value is -1.36. The molecule has 0 fully saturated rings. The smallest absolute Gasteiger partial charge is 0.161 e. The van der Waals surface area contributed by atoms with Gasteiger partial charge in [0.15, 0.2) is 5.82 Å². The van der Waals surface area contributed by atoms with Gasteiger partial charge < -0.3 is 10.5 Å². The molecule has 0 aliphatic carbocycles. The van der Waals surface area contributed by atoms with Gasteiger partial charge in [0.25, 0.3) is 0 Å². The average molecular weight is 296 g/mol. The molecule has 0 unspecified atom stereocenters. The zero-order valence-corrected chi connectivity index (χ0v) is 11.5. The predicted molar refractivity (Wildman–Crippen MR) is 75.3 cm³/mol. The molecule has 0 amide bonds. The van der Waals surface area contributed by atoms with Crippen LogP contribution >= 0.6 is 23.2 Å². The number of rotatable bonds is 1. The maximum atomic E-state index is 6.01. The van der Waals surface area contributed by atoms with Crippen LogP contribution in [0.5, 0.6) is 0 Å². The highest BCUT2D eigenvalue weighted by molar-refractivity contribution is 6.42. The van der Waals surface area contributed by atoms with Crippen molar-refractivity contribution in [1.29, 1.82) is 0 Å². The highest BCUT2D eigenvalue weighted by atomic mass is 35.5. The summed E-state index contributed by atoms with van der Waals surface area (Å²) in [6, 6.07) is 5.29. The number of hydrogen-bond acceptors (Lipinski definition) is 4. The molecule has 0 bridgehead atoms. The quantitative estimate of drug-likeness (QED) is 0.878. The molecular formula is C13H11Cl2N3O. The van der Waals surface area contributed by atoms with E-state index in [1.807, 2.05) is 6.07 Å². The van der Waals surface area contributed by atoms with Crippen LogP contribution in [-0.4, -0.2) is 16.6 Å². The summed E-state index contributed by atoms with van der Waals surface area (Å²) in [5.41, 5.74) is 8.59. The number of anilines is 1. The van der Waals surface area contributed by atoms with Crippen molar-refractivity contribution in [3.05, 3.63) is 39.5 Å².